The Balaban J connectivity index is 2.18. The average Bonchev–Trinajstić information content (AvgIpc) is 2.77. The van der Waals surface area contributed by atoms with E-state index in [9.17, 15) is 8.78 Å². The van der Waals surface area contributed by atoms with Gasteiger partial charge in [0.1, 0.15) is 5.82 Å². The summed E-state index contributed by atoms with van der Waals surface area (Å²) in [7, 11) is 1.47. The maximum Gasteiger partial charge on any atom is 0.337 e. The lowest BCUT2D eigenvalue weighted by Gasteiger charge is -2.13. The lowest BCUT2D eigenvalue weighted by Crippen LogP contribution is -2.16. The number of nitrogens with zero attached hydrogens (tertiary/aromatic N) is 4. The summed E-state index contributed by atoms with van der Waals surface area (Å²) in [6.07, 6.45) is -2.43. The molecule has 8 heteroatoms. The summed E-state index contributed by atoms with van der Waals surface area (Å²) in [5.41, 5.74) is 0.761. The Bertz CT molecular complexity index is 586. The SMILES string of the molecule is COc1nc2nc(C)cc(NCC(C)CC(F)F)n2n1. The van der Waals surface area contributed by atoms with Gasteiger partial charge in [-0.1, -0.05) is 6.92 Å². The Morgan fingerprint density at radius 1 is 1.40 bits per heavy atom. The molecule has 2 rings (SSSR count). The van der Waals surface area contributed by atoms with Crippen LogP contribution >= 0.6 is 0 Å². The fourth-order valence-corrected chi connectivity index (χ4v) is 1.85. The fraction of sp³-hybridized carbons (Fsp3) is 0.583. The number of anilines is 1. The maximum absolute atomic E-state index is 12.3. The number of fused-ring (bicyclic) bond motifs is 1. The van der Waals surface area contributed by atoms with E-state index in [1.54, 1.807) is 13.0 Å². The van der Waals surface area contributed by atoms with Gasteiger partial charge in [-0.2, -0.15) is 9.50 Å². The molecule has 0 saturated carbocycles. The Kier molecular flexibility index (Phi) is 4.31. The molecule has 2 aromatic heterocycles. The molecule has 0 radical (unpaired) electrons. The summed E-state index contributed by atoms with van der Waals surface area (Å²) in [5.74, 6) is 0.916. The monoisotopic (exact) mass is 285 g/mol. The van der Waals surface area contributed by atoms with Gasteiger partial charge >= 0.3 is 6.01 Å². The summed E-state index contributed by atoms with van der Waals surface area (Å²) < 4.78 is 31.1. The number of ether oxygens (including phenoxy) is 1. The lowest BCUT2D eigenvalue weighted by molar-refractivity contribution is 0.120. The molecule has 0 aliphatic rings. The molecule has 1 unspecified atom stereocenters. The van der Waals surface area contributed by atoms with Gasteiger partial charge in [0.2, 0.25) is 6.43 Å². The van der Waals surface area contributed by atoms with Crippen LogP contribution in [0.4, 0.5) is 14.6 Å². The molecule has 0 saturated heterocycles. The summed E-state index contributed by atoms with van der Waals surface area (Å²) >= 11 is 0. The number of alkyl halides is 2. The molecule has 6 nitrogen and oxygen atoms in total. The maximum atomic E-state index is 12.3. The Morgan fingerprint density at radius 2 is 2.15 bits per heavy atom. The normalized spacial score (nSPS) is 12.9. The van der Waals surface area contributed by atoms with Crippen LogP contribution in [-0.2, 0) is 0 Å². The number of aromatic nitrogens is 4. The van der Waals surface area contributed by atoms with Crippen molar-refractivity contribution in [3.8, 4) is 6.01 Å². The van der Waals surface area contributed by atoms with E-state index in [-0.39, 0.29) is 18.3 Å². The van der Waals surface area contributed by atoms with Gasteiger partial charge in [-0.05, 0) is 12.8 Å². The van der Waals surface area contributed by atoms with Crippen molar-refractivity contribution in [3.63, 3.8) is 0 Å². The highest BCUT2D eigenvalue weighted by Crippen LogP contribution is 2.16. The standard InChI is InChI=1S/C12H17F2N5O/c1-7(4-9(13)14)6-15-10-5-8(2)16-11-17-12(20-3)18-19(10)11/h5,7,9,15H,4,6H2,1-3H3. The number of aryl methyl sites for hydroxylation is 1. The van der Waals surface area contributed by atoms with Gasteiger partial charge in [0, 0.05) is 24.7 Å². The Labute approximate surface area is 115 Å². The minimum Gasteiger partial charge on any atom is -0.466 e. The van der Waals surface area contributed by atoms with Crippen LogP contribution in [0.25, 0.3) is 5.78 Å². The van der Waals surface area contributed by atoms with Gasteiger partial charge in [-0.3, -0.25) is 0 Å². The van der Waals surface area contributed by atoms with Crippen LogP contribution in [0.1, 0.15) is 19.0 Å². The Morgan fingerprint density at radius 3 is 2.80 bits per heavy atom. The summed E-state index contributed by atoms with van der Waals surface area (Å²) in [6, 6.07) is 2.00. The van der Waals surface area contributed by atoms with Gasteiger partial charge in [-0.25, -0.2) is 13.8 Å². The molecule has 1 atom stereocenters. The van der Waals surface area contributed by atoms with Crippen LogP contribution < -0.4 is 10.1 Å². The number of nitrogens with one attached hydrogen (secondary N) is 1. The molecule has 2 aromatic rings. The highest BCUT2D eigenvalue weighted by Gasteiger charge is 2.13. The van der Waals surface area contributed by atoms with Gasteiger partial charge in [0.25, 0.3) is 5.78 Å². The van der Waals surface area contributed by atoms with Crippen molar-refractivity contribution in [2.75, 3.05) is 19.0 Å². The molecule has 20 heavy (non-hydrogen) atoms. The molecular formula is C12H17F2N5O. The molecule has 0 aliphatic carbocycles. The molecule has 110 valence electrons. The lowest BCUT2D eigenvalue weighted by atomic mass is 10.1. The molecule has 2 heterocycles. The summed E-state index contributed by atoms with van der Waals surface area (Å²) in [5, 5.41) is 7.22. The zero-order chi connectivity index (χ0) is 14.7. The molecule has 0 aliphatic heterocycles. The number of hydrogen-bond acceptors (Lipinski definition) is 5. The van der Waals surface area contributed by atoms with Crippen molar-refractivity contribution < 1.29 is 13.5 Å². The topological polar surface area (TPSA) is 64.3 Å². The first-order valence-electron chi connectivity index (χ1n) is 6.30. The highest BCUT2D eigenvalue weighted by atomic mass is 19.3. The third-order valence-electron chi connectivity index (χ3n) is 2.82. The van der Waals surface area contributed by atoms with Crippen molar-refractivity contribution >= 4 is 11.6 Å². The van der Waals surface area contributed by atoms with Crippen LogP contribution in [0.15, 0.2) is 6.07 Å². The van der Waals surface area contributed by atoms with E-state index >= 15 is 0 Å². The number of halogens is 2. The van der Waals surface area contributed by atoms with Gasteiger partial charge < -0.3 is 10.1 Å². The molecule has 0 amide bonds. The van der Waals surface area contributed by atoms with Crippen LogP contribution in [0, 0.1) is 12.8 Å². The predicted molar refractivity (Wildman–Crippen MR) is 70.3 cm³/mol. The van der Waals surface area contributed by atoms with E-state index < -0.39 is 6.43 Å². The number of rotatable bonds is 6. The third-order valence-corrected chi connectivity index (χ3v) is 2.82. The van der Waals surface area contributed by atoms with Gasteiger partial charge in [0.05, 0.1) is 7.11 Å². The molecule has 1 N–H and O–H groups in total. The van der Waals surface area contributed by atoms with Gasteiger partial charge in [0.15, 0.2) is 0 Å². The number of methoxy groups -OCH3 is 1. The first-order valence-corrected chi connectivity index (χ1v) is 6.30. The van der Waals surface area contributed by atoms with Crippen LogP contribution in [0.2, 0.25) is 0 Å². The van der Waals surface area contributed by atoms with Crippen LogP contribution in [0.5, 0.6) is 6.01 Å². The highest BCUT2D eigenvalue weighted by molar-refractivity contribution is 5.45. The molecule has 0 spiro atoms. The minimum absolute atomic E-state index is 0.138. The minimum atomic E-state index is -2.29. The van der Waals surface area contributed by atoms with E-state index in [0.717, 1.165) is 5.69 Å². The molecule has 0 bridgehead atoms. The van der Waals surface area contributed by atoms with Crippen molar-refractivity contribution in [1.29, 1.82) is 0 Å². The van der Waals surface area contributed by atoms with E-state index in [4.69, 9.17) is 4.74 Å². The fourth-order valence-electron chi connectivity index (χ4n) is 1.85. The molecule has 0 fully saturated rings. The second kappa shape index (κ2) is 5.98. The average molecular weight is 285 g/mol. The molecule has 0 aromatic carbocycles. The second-order valence-electron chi connectivity index (χ2n) is 4.71. The van der Waals surface area contributed by atoms with Crippen molar-refractivity contribution in [1.82, 2.24) is 19.6 Å². The van der Waals surface area contributed by atoms with Crippen LogP contribution in [0.3, 0.4) is 0 Å². The van der Waals surface area contributed by atoms with Crippen LogP contribution in [-0.4, -0.2) is 39.7 Å². The van der Waals surface area contributed by atoms with E-state index in [0.29, 0.717) is 18.1 Å². The van der Waals surface area contributed by atoms with E-state index in [1.807, 2.05) is 6.92 Å². The molecular weight excluding hydrogens is 268 g/mol. The third kappa shape index (κ3) is 3.31. The number of hydrogen-bond donors (Lipinski definition) is 1. The second-order valence-corrected chi connectivity index (χ2v) is 4.71. The summed E-state index contributed by atoms with van der Waals surface area (Å²) in [4.78, 5) is 8.32. The van der Waals surface area contributed by atoms with E-state index in [1.165, 1.54) is 11.6 Å². The zero-order valence-corrected chi connectivity index (χ0v) is 11.6. The first-order chi connectivity index (χ1) is 9.49. The first kappa shape index (κ1) is 14.4. The van der Waals surface area contributed by atoms with E-state index in [2.05, 4.69) is 20.4 Å². The predicted octanol–water partition coefficient (Wildman–Crippen LogP) is 2.14. The zero-order valence-electron chi connectivity index (χ0n) is 11.6. The summed E-state index contributed by atoms with van der Waals surface area (Å²) in [6.45, 7) is 4.02. The van der Waals surface area contributed by atoms with Gasteiger partial charge in [-0.15, -0.1) is 5.10 Å². The largest absolute Gasteiger partial charge is 0.466 e. The smallest absolute Gasteiger partial charge is 0.337 e. The van der Waals surface area contributed by atoms with Crippen molar-refractivity contribution in [3.05, 3.63) is 11.8 Å². The Hall–Kier alpha value is -1.99. The quantitative estimate of drug-likeness (QED) is 0.881. The van der Waals surface area contributed by atoms with Crippen molar-refractivity contribution in [2.45, 2.75) is 26.7 Å². The van der Waals surface area contributed by atoms with Crippen molar-refractivity contribution in [2.24, 2.45) is 5.92 Å².